The Kier molecular flexibility index (Phi) is 3.29. The van der Waals surface area contributed by atoms with Gasteiger partial charge in [0.25, 0.3) is 0 Å². The van der Waals surface area contributed by atoms with Crippen molar-refractivity contribution in [2.45, 2.75) is 19.5 Å². The fourth-order valence-corrected chi connectivity index (χ4v) is 2.23. The summed E-state index contributed by atoms with van der Waals surface area (Å²) < 4.78 is 0. The van der Waals surface area contributed by atoms with Gasteiger partial charge < -0.3 is 10.3 Å². The minimum atomic E-state index is 0.302. The van der Waals surface area contributed by atoms with E-state index in [4.69, 9.17) is 0 Å². The summed E-state index contributed by atoms with van der Waals surface area (Å²) in [4.78, 5) is 7.36. The number of benzene rings is 1. The van der Waals surface area contributed by atoms with E-state index < -0.39 is 0 Å². The summed E-state index contributed by atoms with van der Waals surface area (Å²) in [6.45, 7) is 3.02. The Morgan fingerprint density at radius 3 is 3.05 bits per heavy atom. The number of nitrogens with zero attached hydrogens (tertiary/aromatic N) is 1. The van der Waals surface area contributed by atoms with Crippen LogP contribution in [0.15, 0.2) is 55.0 Å². The summed E-state index contributed by atoms with van der Waals surface area (Å²) >= 11 is 0. The lowest BCUT2D eigenvalue weighted by Gasteiger charge is -2.13. The van der Waals surface area contributed by atoms with Crippen molar-refractivity contribution in [2.24, 2.45) is 0 Å². The van der Waals surface area contributed by atoms with E-state index in [1.165, 1.54) is 22.0 Å². The average molecular weight is 251 g/mol. The lowest BCUT2D eigenvalue weighted by molar-refractivity contribution is 0.573. The van der Waals surface area contributed by atoms with E-state index in [1.807, 2.05) is 18.5 Å². The van der Waals surface area contributed by atoms with E-state index in [9.17, 15) is 0 Å². The Hall–Kier alpha value is -2.13. The number of fused-ring (bicyclic) bond motifs is 1. The molecule has 3 heteroatoms. The number of aromatic amines is 1. The Balaban J connectivity index is 1.68. The van der Waals surface area contributed by atoms with Crippen molar-refractivity contribution in [2.75, 3.05) is 0 Å². The van der Waals surface area contributed by atoms with Gasteiger partial charge in [-0.3, -0.25) is 4.98 Å². The number of hydrogen-bond donors (Lipinski definition) is 2. The van der Waals surface area contributed by atoms with Gasteiger partial charge in [-0.25, -0.2) is 0 Å². The molecule has 0 unspecified atom stereocenters. The monoisotopic (exact) mass is 251 g/mol. The number of hydrogen-bond acceptors (Lipinski definition) is 2. The molecule has 2 N–H and O–H groups in total. The maximum atomic E-state index is 4.15. The predicted molar refractivity (Wildman–Crippen MR) is 77.8 cm³/mol. The Morgan fingerprint density at radius 2 is 2.21 bits per heavy atom. The average Bonchev–Trinajstić information content (AvgIpc) is 2.93. The molecule has 0 aliphatic heterocycles. The van der Waals surface area contributed by atoms with Gasteiger partial charge in [0.2, 0.25) is 0 Å². The van der Waals surface area contributed by atoms with Crippen LogP contribution in [-0.2, 0) is 6.54 Å². The topological polar surface area (TPSA) is 40.7 Å². The largest absolute Gasteiger partial charge is 0.361 e. The third-order valence-electron chi connectivity index (χ3n) is 3.41. The van der Waals surface area contributed by atoms with Crippen LogP contribution in [0.3, 0.4) is 0 Å². The van der Waals surface area contributed by atoms with Gasteiger partial charge in [-0.1, -0.05) is 12.1 Å². The Bertz CT molecular complexity index is 658. The summed E-state index contributed by atoms with van der Waals surface area (Å²) in [5, 5.41) is 4.78. The zero-order valence-corrected chi connectivity index (χ0v) is 10.9. The van der Waals surface area contributed by atoms with Crippen molar-refractivity contribution in [1.29, 1.82) is 0 Å². The molecule has 0 aliphatic rings. The highest BCUT2D eigenvalue weighted by molar-refractivity contribution is 5.79. The van der Waals surface area contributed by atoms with Crippen LogP contribution in [0, 0.1) is 0 Å². The number of aromatic nitrogens is 2. The molecule has 1 atom stereocenters. The zero-order chi connectivity index (χ0) is 13.1. The molecular weight excluding hydrogens is 234 g/mol. The van der Waals surface area contributed by atoms with Gasteiger partial charge in [0.15, 0.2) is 0 Å². The van der Waals surface area contributed by atoms with E-state index >= 15 is 0 Å². The maximum Gasteiger partial charge on any atom is 0.0454 e. The molecule has 3 aromatic rings. The minimum Gasteiger partial charge on any atom is -0.361 e. The first-order valence-corrected chi connectivity index (χ1v) is 6.52. The molecule has 2 heterocycles. The van der Waals surface area contributed by atoms with Gasteiger partial charge in [-0.05, 0) is 47.7 Å². The van der Waals surface area contributed by atoms with Crippen LogP contribution < -0.4 is 5.32 Å². The zero-order valence-electron chi connectivity index (χ0n) is 10.9. The SMILES string of the molecule is C[C@H](NCc1ccc2[nH]ccc2c1)c1cccnc1. The number of pyridine rings is 1. The minimum absolute atomic E-state index is 0.302. The molecule has 0 amide bonds. The first-order chi connectivity index (χ1) is 9.33. The van der Waals surface area contributed by atoms with Crippen LogP contribution in [0.4, 0.5) is 0 Å². The molecule has 19 heavy (non-hydrogen) atoms. The van der Waals surface area contributed by atoms with Crippen LogP contribution in [0.25, 0.3) is 10.9 Å². The van der Waals surface area contributed by atoms with Crippen LogP contribution in [0.5, 0.6) is 0 Å². The van der Waals surface area contributed by atoms with Gasteiger partial charge in [-0.2, -0.15) is 0 Å². The van der Waals surface area contributed by atoms with E-state index in [-0.39, 0.29) is 0 Å². The van der Waals surface area contributed by atoms with Crippen molar-refractivity contribution < 1.29 is 0 Å². The van der Waals surface area contributed by atoms with Crippen LogP contribution in [0.2, 0.25) is 0 Å². The van der Waals surface area contributed by atoms with Gasteiger partial charge in [0, 0.05) is 36.7 Å². The molecule has 0 radical (unpaired) electrons. The number of nitrogens with one attached hydrogen (secondary N) is 2. The van der Waals surface area contributed by atoms with Gasteiger partial charge in [0.1, 0.15) is 0 Å². The second kappa shape index (κ2) is 5.24. The fourth-order valence-electron chi connectivity index (χ4n) is 2.23. The summed E-state index contributed by atoms with van der Waals surface area (Å²) in [7, 11) is 0. The Morgan fingerprint density at radius 1 is 1.26 bits per heavy atom. The number of rotatable bonds is 4. The molecule has 2 aromatic heterocycles. The van der Waals surface area contributed by atoms with Crippen molar-refractivity contribution in [3.8, 4) is 0 Å². The molecule has 3 rings (SSSR count). The number of H-pyrrole nitrogens is 1. The lowest BCUT2D eigenvalue weighted by Crippen LogP contribution is -2.18. The molecule has 96 valence electrons. The molecule has 0 aliphatic carbocycles. The van der Waals surface area contributed by atoms with E-state index in [0.29, 0.717) is 6.04 Å². The highest BCUT2D eigenvalue weighted by atomic mass is 14.9. The third kappa shape index (κ3) is 2.66. The second-order valence-corrected chi connectivity index (χ2v) is 4.79. The summed E-state index contributed by atoms with van der Waals surface area (Å²) in [6, 6.07) is 13.0. The van der Waals surface area contributed by atoms with E-state index in [2.05, 4.69) is 52.5 Å². The van der Waals surface area contributed by atoms with E-state index in [0.717, 1.165) is 6.54 Å². The molecule has 0 spiro atoms. The van der Waals surface area contributed by atoms with Gasteiger partial charge in [0.05, 0.1) is 0 Å². The molecule has 0 fully saturated rings. The van der Waals surface area contributed by atoms with Crippen molar-refractivity contribution in [3.63, 3.8) is 0 Å². The standard InChI is InChI=1S/C16H17N3/c1-12(15-3-2-7-17-11-15)19-10-13-4-5-16-14(9-13)6-8-18-16/h2-9,11-12,18-19H,10H2,1H3/t12-/m0/s1. The molecule has 3 nitrogen and oxygen atoms in total. The van der Waals surface area contributed by atoms with E-state index in [1.54, 1.807) is 6.20 Å². The molecule has 0 bridgehead atoms. The Labute approximate surface area is 112 Å². The van der Waals surface area contributed by atoms with Crippen molar-refractivity contribution in [1.82, 2.24) is 15.3 Å². The predicted octanol–water partition coefficient (Wildman–Crippen LogP) is 3.41. The first-order valence-electron chi connectivity index (χ1n) is 6.52. The van der Waals surface area contributed by atoms with Gasteiger partial charge in [-0.15, -0.1) is 0 Å². The molecular formula is C16H17N3. The van der Waals surface area contributed by atoms with Crippen LogP contribution in [-0.4, -0.2) is 9.97 Å². The maximum absolute atomic E-state index is 4.15. The van der Waals surface area contributed by atoms with Crippen LogP contribution in [0.1, 0.15) is 24.1 Å². The van der Waals surface area contributed by atoms with Crippen molar-refractivity contribution >= 4 is 10.9 Å². The highest BCUT2D eigenvalue weighted by Gasteiger charge is 2.04. The molecule has 0 saturated heterocycles. The third-order valence-corrected chi connectivity index (χ3v) is 3.41. The summed E-state index contributed by atoms with van der Waals surface area (Å²) in [5.41, 5.74) is 3.69. The van der Waals surface area contributed by atoms with Crippen LogP contribution >= 0.6 is 0 Å². The molecule has 1 aromatic carbocycles. The molecule has 0 saturated carbocycles. The summed E-state index contributed by atoms with van der Waals surface area (Å²) in [5.74, 6) is 0. The fraction of sp³-hybridized carbons (Fsp3) is 0.188. The quantitative estimate of drug-likeness (QED) is 0.746. The first kappa shape index (κ1) is 11.9. The summed E-state index contributed by atoms with van der Waals surface area (Å²) in [6.07, 6.45) is 5.68. The second-order valence-electron chi connectivity index (χ2n) is 4.79. The normalized spacial score (nSPS) is 12.7. The van der Waals surface area contributed by atoms with Gasteiger partial charge >= 0.3 is 0 Å². The smallest absolute Gasteiger partial charge is 0.0454 e. The van der Waals surface area contributed by atoms with Crippen molar-refractivity contribution in [3.05, 3.63) is 66.1 Å². The lowest BCUT2D eigenvalue weighted by atomic mass is 10.1. The highest BCUT2D eigenvalue weighted by Crippen LogP contribution is 2.16.